The summed E-state index contributed by atoms with van der Waals surface area (Å²) in [5.74, 6) is 0.387. The van der Waals surface area contributed by atoms with Crippen LogP contribution >= 0.6 is 0 Å². The predicted molar refractivity (Wildman–Crippen MR) is 97.9 cm³/mol. The van der Waals surface area contributed by atoms with Gasteiger partial charge < -0.3 is 14.6 Å². The van der Waals surface area contributed by atoms with Crippen LogP contribution in [0.2, 0.25) is 0 Å². The maximum Gasteiger partial charge on any atom is 0.339 e. The number of hydrogen-bond donors (Lipinski definition) is 1. The van der Waals surface area contributed by atoms with Crippen molar-refractivity contribution in [3.63, 3.8) is 0 Å². The molecule has 0 unspecified atom stereocenters. The van der Waals surface area contributed by atoms with Crippen LogP contribution in [0.4, 0.5) is 0 Å². The van der Waals surface area contributed by atoms with Crippen LogP contribution < -0.4 is 0 Å². The SMILES string of the molecule is CC1=C2C[C@@]3(C)C(=C[C@H](OCc4ccccc4)[C@H](O)[C@@H]3C)C=C2OC1=O. The fourth-order valence-corrected chi connectivity index (χ4v) is 4.17. The Bertz CT molecular complexity index is 833. The second-order valence-corrected chi connectivity index (χ2v) is 7.76. The summed E-state index contributed by atoms with van der Waals surface area (Å²) in [4.78, 5) is 11.9. The summed E-state index contributed by atoms with van der Waals surface area (Å²) < 4.78 is 11.4. The molecule has 1 aromatic carbocycles. The Hall–Kier alpha value is -2.17. The molecule has 0 bridgehead atoms. The number of benzene rings is 1. The summed E-state index contributed by atoms with van der Waals surface area (Å²) in [6.07, 6.45) is 3.68. The highest BCUT2D eigenvalue weighted by atomic mass is 16.5. The first-order valence-electron chi connectivity index (χ1n) is 9.10. The van der Waals surface area contributed by atoms with Crippen LogP contribution in [0.5, 0.6) is 0 Å². The second-order valence-electron chi connectivity index (χ2n) is 7.76. The first-order valence-corrected chi connectivity index (χ1v) is 9.10. The third-order valence-electron chi connectivity index (χ3n) is 6.23. The van der Waals surface area contributed by atoms with Crippen molar-refractivity contribution in [1.29, 1.82) is 0 Å². The molecule has 2 aliphatic carbocycles. The van der Waals surface area contributed by atoms with Crippen LogP contribution in [0.1, 0.15) is 32.8 Å². The molecule has 0 fully saturated rings. The Labute approximate surface area is 153 Å². The third kappa shape index (κ3) is 2.65. The van der Waals surface area contributed by atoms with Gasteiger partial charge >= 0.3 is 5.97 Å². The van der Waals surface area contributed by atoms with Crippen molar-refractivity contribution < 1.29 is 19.4 Å². The highest BCUT2D eigenvalue weighted by Gasteiger charge is 2.49. The van der Waals surface area contributed by atoms with E-state index < -0.39 is 6.10 Å². The number of hydrogen-bond acceptors (Lipinski definition) is 4. The van der Waals surface area contributed by atoms with E-state index in [2.05, 4.69) is 13.8 Å². The van der Waals surface area contributed by atoms with E-state index in [0.717, 1.165) is 16.7 Å². The van der Waals surface area contributed by atoms with Gasteiger partial charge in [-0.1, -0.05) is 44.2 Å². The smallest absolute Gasteiger partial charge is 0.339 e. The number of carbonyl (C=O) groups excluding carboxylic acids is 1. The largest absolute Gasteiger partial charge is 0.423 e. The lowest BCUT2D eigenvalue weighted by Gasteiger charge is -2.47. The molecule has 0 aromatic heterocycles. The summed E-state index contributed by atoms with van der Waals surface area (Å²) in [6.45, 7) is 6.47. The minimum absolute atomic E-state index is 0.00271. The van der Waals surface area contributed by atoms with E-state index in [4.69, 9.17) is 9.47 Å². The van der Waals surface area contributed by atoms with Crippen LogP contribution in [-0.4, -0.2) is 23.3 Å². The van der Waals surface area contributed by atoms with Crippen LogP contribution in [0, 0.1) is 11.3 Å². The fourth-order valence-electron chi connectivity index (χ4n) is 4.17. The van der Waals surface area contributed by atoms with E-state index in [1.807, 2.05) is 49.4 Å². The molecular weight excluding hydrogens is 328 g/mol. The van der Waals surface area contributed by atoms with E-state index in [0.29, 0.717) is 24.4 Å². The van der Waals surface area contributed by atoms with Gasteiger partial charge in [-0.15, -0.1) is 0 Å². The zero-order valence-electron chi connectivity index (χ0n) is 15.4. The fraction of sp³-hybridized carbons (Fsp3) is 0.409. The van der Waals surface area contributed by atoms with Crippen molar-refractivity contribution in [3.05, 3.63) is 70.5 Å². The van der Waals surface area contributed by atoms with Gasteiger partial charge in [0.25, 0.3) is 0 Å². The molecule has 1 N–H and O–H groups in total. The topological polar surface area (TPSA) is 55.8 Å². The van der Waals surface area contributed by atoms with Gasteiger partial charge in [-0.3, -0.25) is 0 Å². The first-order chi connectivity index (χ1) is 12.4. The van der Waals surface area contributed by atoms with E-state index in [9.17, 15) is 9.90 Å². The van der Waals surface area contributed by atoms with Crippen molar-refractivity contribution in [3.8, 4) is 0 Å². The Morgan fingerprint density at radius 1 is 1.31 bits per heavy atom. The molecule has 4 nitrogen and oxygen atoms in total. The lowest BCUT2D eigenvalue weighted by molar-refractivity contribution is -0.133. The van der Waals surface area contributed by atoms with Crippen LogP contribution in [0.3, 0.4) is 0 Å². The van der Waals surface area contributed by atoms with Crippen molar-refractivity contribution in [2.24, 2.45) is 11.3 Å². The Morgan fingerprint density at radius 3 is 2.77 bits per heavy atom. The molecule has 4 rings (SSSR count). The summed E-state index contributed by atoms with van der Waals surface area (Å²) in [5, 5.41) is 10.9. The van der Waals surface area contributed by atoms with Gasteiger partial charge in [-0.25, -0.2) is 4.79 Å². The standard InChI is InChI=1S/C22H24O4/c1-13-17-11-22(3)14(2)20(23)19(25-12-15-7-5-4-6-8-15)10-16(22)9-18(17)26-21(13)24/h4-10,14,19-20,23H,11-12H2,1-3H3/t14-,19-,20+,22+/m0/s1. The number of fused-ring (bicyclic) bond motifs is 2. The molecule has 3 aliphatic rings. The van der Waals surface area contributed by atoms with Crippen molar-refractivity contribution >= 4 is 5.97 Å². The van der Waals surface area contributed by atoms with E-state index in [1.165, 1.54) is 0 Å². The molecule has 1 aromatic rings. The number of ether oxygens (including phenoxy) is 2. The number of aliphatic hydroxyl groups excluding tert-OH is 1. The molecule has 0 radical (unpaired) electrons. The Kier molecular flexibility index (Phi) is 4.13. The number of rotatable bonds is 3. The summed E-state index contributed by atoms with van der Waals surface area (Å²) in [5.41, 5.74) is 3.57. The zero-order valence-corrected chi connectivity index (χ0v) is 15.4. The minimum atomic E-state index is -0.596. The molecule has 4 heteroatoms. The predicted octanol–water partition coefficient (Wildman–Crippen LogP) is 3.68. The minimum Gasteiger partial charge on any atom is -0.423 e. The highest BCUT2D eigenvalue weighted by molar-refractivity contribution is 5.94. The molecule has 0 spiro atoms. The van der Waals surface area contributed by atoms with Gasteiger partial charge in [-0.05, 0) is 42.6 Å². The van der Waals surface area contributed by atoms with Gasteiger partial charge in [0.2, 0.25) is 0 Å². The normalized spacial score (nSPS) is 33.2. The van der Waals surface area contributed by atoms with Crippen LogP contribution in [-0.2, 0) is 20.9 Å². The highest BCUT2D eigenvalue weighted by Crippen LogP contribution is 2.53. The molecule has 0 saturated heterocycles. The van der Waals surface area contributed by atoms with Crippen molar-refractivity contribution in [2.45, 2.75) is 46.0 Å². The zero-order chi connectivity index (χ0) is 18.5. The summed E-state index contributed by atoms with van der Waals surface area (Å²) >= 11 is 0. The third-order valence-corrected chi connectivity index (χ3v) is 6.23. The number of esters is 1. The molecule has 0 saturated carbocycles. The molecular formula is C22H24O4. The molecule has 0 amide bonds. The molecule has 136 valence electrons. The molecule has 1 heterocycles. The summed E-state index contributed by atoms with van der Waals surface area (Å²) in [6, 6.07) is 9.94. The van der Waals surface area contributed by atoms with E-state index in [-0.39, 0.29) is 23.4 Å². The van der Waals surface area contributed by atoms with Crippen molar-refractivity contribution in [1.82, 2.24) is 0 Å². The van der Waals surface area contributed by atoms with Gasteiger partial charge in [0, 0.05) is 16.6 Å². The number of allylic oxidation sites excluding steroid dienone is 3. The van der Waals surface area contributed by atoms with Crippen molar-refractivity contribution in [2.75, 3.05) is 0 Å². The lowest BCUT2D eigenvalue weighted by Crippen LogP contribution is -2.47. The first kappa shape index (κ1) is 17.3. The quantitative estimate of drug-likeness (QED) is 0.843. The maximum absolute atomic E-state index is 11.9. The van der Waals surface area contributed by atoms with E-state index >= 15 is 0 Å². The Balaban J connectivity index is 1.65. The number of carbonyl (C=O) groups is 1. The second kappa shape index (κ2) is 6.22. The molecule has 1 aliphatic heterocycles. The summed E-state index contributed by atoms with van der Waals surface area (Å²) in [7, 11) is 0. The van der Waals surface area contributed by atoms with Gasteiger partial charge in [0.1, 0.15) is 11.9 Å². The molecule has 26 heavy (non-hydrogen) atoms. The molecule has 4 atom stereocenters. The van der Waals surface area contributed by atoms with Gasteiger partial charge in [-0.2, -0.15) is 0 Å². The van der Waals surface area contributed by atoms with Gasteiger partial charge in [0.05, 0.1) is 12.7 Å². The average Bonchev–Trinajstić information content (AvgIpc) is 2.91. The van der Waals surface area contributed by atoms with Crippen LogP contribution in [0.15, 0.2) is 65.0 Å². The van der Waals surface area contributed by atoms with Crippen LogP contribution in [0.25, 0.3) is 0 Å². The maximum atomic E-state index is 11.9. The number of aliphatic hydroxyl groups is 1. The van der Waals surface area contributed by atoms with E-state index in [1.54, 1.807) is 0 Å². The van der Waals surface area contributed by atoms with Gasteiger partial charge in [0.15, 0.2) is 0 Å². The Morgan fingerprint density at radius 2 is 2.04 bits per heavy atom. The monoisotopic (exact) mass is 352 g/mol. The average molecular weight is 352 g/mol. The lowest BCUT2D eigenvalue weighted by atomic mass is 9.60.